The van der Waals surface area contributed by atoms with Crippen LogP contribution in [-0.4, -0.2) is 44.1 Å². The molecule has 0 aliphatic heterocycles. The molecule has 8 nitrogen and oxygen atoms in total. The number of rotatable bonds is 7. The fraction of sp³-hybridized carbons (Fsp3) is 0.174. The molecule has 0 fully saturated rings. The zero-order chi connectivity index (χ0) is 22.7. The molecule has 0 bridgehead atoms. The first-order valence-electron chi connectivity index (χ1n) is 9.76. The Hall–Kier alpha value is -3.56. The fourth-order valence-electron chi connectivity index (χ4n) is 3.29. The van der Waals surface area contributed by atoms with Crippen LogP contribution in [0.2, 0.25) is 0 Å². The summed E-state index contributed by atoms with van der Waals surface area (Å²) >= 11 is -1.36. The predicted molar refractivity (Wildman–Crippen MR) is 122 cm³/mol. The minimum absolute atomic E-state index is 0.150. The Morgan fingerprint density at radius 1 is 1.00 bits per heavy atom. The van der Waals surface area contributed by atoms with Crippen molar-refractivity contribution in [1.82, 2.24) is 19.1 Å². The minimum Gasteiger partial charge on any atom is -0.609 e. The third-order valence-corrected chi connectivity index (χ3v) is 5.60. The van der Waals surface area contributed by atoms with Gasteiger partial charge in [-0.2, -0.15) is 9.97 Å². The second kappa shape index (κ2) is 9.29. The van der Waals surface area contributed by atoms with E-state index in [1.165, 1.54) is 12.3 Å². The number of ether oxygens (including phenoxy) is 2. The molecule has 4 aromatic rings. The summed E-state index contributed by atoms with van der Waals surface area (Å²) in [7, 11) is 3.15. The molecule has 3 aromatic heterocycles. The number of methoxy groups -OCH3 is 2. The monoisotopic (exact) mass is 450 g/mol. The van der Waals surface area contributed by atoms with Gasteiger partial charge >= 0.3 is 5.16 Å². The number of pyridine rings is 1. The largest absolute Gasteiger partial charge is 0.609 e. The van der Waals surface area contributed by atoms with Crippen molar-refractivity contribution in [3.8, 4) is 28.6 Å². The highest BCUT2D eigenvalue weighted by Crippen LogP contribution is 2.28. The van der Waals surface area contributed by atoms with Gasteiger partial charge in [-0.25, -0.2) is 0 Å². The smallest absolute Gasteiger partial charge is 0.344 e. The highest BCUT2D eigenvalue weighted by molar-refractivity contribution is 7.90. The molecule has 4 rings (SSSR count). The lowest BCUT2D eigenvalue weighted by molar-refractivity contribution is 0.354. The van der Waals surface area contributed by atoms with Crippen LogP contribution in [-0.2, 0) is 17.7 Å². The molecule has 1 unspecified atom stereocenters. The number of nitrogens with zero attached hydrogens (tertiary/aromatic N) is 4. The average Bonchev–Trinajstić information content (AvgIpc) is 3.35. The van der Waals surface area contributed by atoms with Crippen LogP contribution in [0.3, 0.4) is 0 Å². The fourth-order valence-corrected chi connectivity index (χ4v) is 3.74. The molecule has 0 aliphatic rings. The van der Waals surface area contributed by atoms with Crippen LogP contribution in [0.15, 0.2) is 77.1 Å². The van der Waals surface area contributed by atoms with Gasteiger partial charge in [-0.3, -0.25) is 4.79 Å². The van der Waals surface area contributed by atoms with Crippen molar-refractivity contribution in [3.05, 3.63) is 83.0 Å². The molecule has 9 heteroatoms. The van der Waals surface area contributed by atoms with Gasteiger partial charge in [-0.15, -0.1) is 0 Å². The first-order chi connectivity index (χ1) is 15.5. The van der Waals surface area contributed by atoms with Gasteiger partial charge in [0.15, 0.2) is 11.5 Å². The summed E-state index contributed by atoms with van der Waals surface area (Å²) in [6.07, 6.45) is 6.98. The highest BCUT2D eigenvalue weighted by Gasteiger charge is 2.15. The molecular formula is C23H22N4O4S. The van der Waals surface area contributed by atoms with Crippen molar-refractivity contribution in [2.24, 2.45) is 0 Å². The van der Waals surface area contributed by atoms with E-state index < -0.39 is 11.2 Å². The van der Waals surface area contributed by atoms with Gasteiger partial charge in [0.05, 0.1) is 26.5 Å². The zero-order valence-electron chi connectivity index (χ0n) is 17.9. The zero-order valence-corrected chi connectivity index (χ0v) is 18.7. The van der Waals surface area contributed by atoms with E-state index in [1.54, 1.807) is 43.2 Å². The van der Waals surface area contributed by atoms with Crippen LogP contribution in [0, 0.1) is 0 Å². The van der Waals surface area contributed by atoms with Crippen molar-refractivity contribution < 1.29 is 14.0 Å². The number of hydrogen-bond donors (Lipinski definition) is 0. The van der Waals surface area contributed by atoms with Crippen LogP contribution in [0.4, 0.5) is 0 Å². The van der Waals surface area contributed by atoms with Crippen molar-refractivity contribution in [2.45, 2.75) is 11.7 Å². The standard InChI is InChI=1S/C23H22N4O4S/c1-30-19-8-6-16(12-20(19)31-2)14-27-15-17(7-9-22(27)28)18-13-21(26-10-4-5-11-26)25-23(24-18)32(3)29/h4-13,15H,14H2,1-3H3. The molecule has 0 amide bonds. The minimum atomic E-state index is -1.36. The lowest BCUT2D eigenvalue weighted by Crippen LogP contribution is -2.19. The van der Waals surface area contributed by atoms with Crippen molar-refractivity contribution >= 4 is 11.2 Å². The van der Waals surface area contributed by atoms with Crippen LogP contribution in [0.5, 0.6) is 11.5 Å². The van der Waals surface area contributed by atoms with E-state index in [2.05, 4.69) is 9.97 Å². The topological polar surface area (TPSA) is 94.2 Å². The van der Waals surface area contributed by atoms with Gasteiger partial charge in [0.25, 0.3) is 5.56 Å². The molecule has 0 aliphatic carbocycles. The molecule has 0 N–H and O–H groups in total. The Labute approximate surface area is 188 Å². The highest BCUT2D eigenvalue weighted by atomic mass is 32.2. The van der Waals surface area contributed by atoms with E-state index in [0.717, 1.165) is 5.56 Å². The second-order valence-electron chi connectivity index (χ2n) is 7.01. The molecule has 0 radical (unpaired) electrons. The second-order valence-corrected chi connectivity index (χ2v) is 8.29. The van der Waals surface area contributed by atoms with E-state index in [0.29, 0.717) is 35.1 Å². The van der Waals surface area contributed by atoms with E-state index in [4.69, 9.17) is 9.47 Å². The molecular weight excluding hydrogens is 428 g/mol. The van der Waals surface area contributed by atoms with E-state index >= 15 is 0 Å². The van der Waals surface area contributed by atoms with Gasteiger partial charge in [-0.05, 0) is 35.9 Å². The SMILES string of the molecule is COc1ccc(Cn2cc(-c3cc(-n4cccc4)nc([S+](C)[O-])n3)ccc2=O)cc1OC. The Morgan fingerprint density at radius 3 is 2.44 bits per heavy atom. The maximum absolute atomic E-state index is 12.5. The maximum Gasteiger partial charge on any atom is 0.344 e. The quantitative estimate of drug-likeness (QED) is 0.317. The summed E-state index contributed by atoms with van der Waals surface area (Å²) in [5, 5.41) is 0.226. The molecule has 1 aromatic carbocycles. The summed E-state index contributed by atoms with van der Waals surface area (Å²) in [6, 6.07) is 14.3. The van der Waals surface area contributed by atoms with E-state index in [9.17, 15) is 9.35 Å². The van der Waals surface area contributed by atoms with Crippen LogP contribution < -0.4 is 15.0 Å². The Bertz CT molecular complexity index is 1290. The lowest BCUT2D eigenvalue weighted by Gasteiger charge is -2.13. The average molecular weight is 451 g/mol. The number of hydrogen-bond acceptors (Lipinski definition) is 6. The summed E-state index contributed by atoms with van der Waals surface area (Å²) < 4.78 is 26.2. The van der Waals surface area contributed by atoms with Crippen molar-refractivity contribution in [3.63, 3.8) is 0 Å². The van der Waals surface area contributed by atoms with Crippen LogP contribution in [0.25, 0.3) is 17.1 Å². The van der Waals surface area contributed by atoms with Gasteiger partial charge in [0.1, 0.15) is 12.1 Å². The summed E-state index contributed by atoms with van der Waals surface area (Å²) in [5.41, 5.74) is 2.03. The molecule has 0 saturated carbocycles. The van der Waals surface area contributed by atoms with Crippen molar-refractivity contribution in [2.75, 3.05) is 20.5 Å². The third-order valence-electron chi connectivity index (χ3n) is 4.90. The summed E-state index contributed by atoms with van der Waals surface area (Å²) in [5.74, 6) is 1.82. The predicted octanol–water partition coefficient (Wildman–Crippen LogP) is 2.90. The summed E-state index contributed by atoms with van der Waals surface area (Å²) in [6.45, 7) is 0.342. The molecule has 0 saturated heterocycles. The molecule has 32 heavy (non-hydrogen) atoms. The Morgan fingerprint density at radius 2 is 1.75 bits per heavy atom. The Balaban J connectivity index is 1.74. The van der Waals surface area contributed by atoms with Crippen LogP contribution >= 0.6 is 0 Å². The summed E-state index contributed by atoms with van der Waals surface area (Å²) in [4.78, 5) is 21.4. The van der Waals surface area contributed by atoms with Gasteiger partial charge in [0, 0.05) is 47.5 Å². The maximum atomic E-state index is 12.5. The lowest BCUT2D eigenvalue weighted by atomic mass is 10.1. The molecule has 0 spiro atoms. The van der Waals surface area contributed by atoms with Crippen LogP contribution in [0.1, 0.15) is 5.56 Å². The van der Waals surface area contributed by atoms with Gasteiger partial charge in [-0.1, -0.05) is 6.07 Å². The van der Waals surface area contributed by atoms with E-state index in [-0.39, 0.29) is 10.7 Å². The molecule has 1 atom stereocenters. The molecule has 3 heterocycles. The van der Waals surface area contributed by atoms with Crippen molar-refractivity contribution in [1.29, 1.82) is 0 Å². The van der Waals surface area contributed by atoms with E-state index in [1.807, 2.05) is 41.2 Å². The Kier molecular flexibility index (Phi) is 6.29. The first-order valence-corrected chi connectivity index (χ1v) is 11.3. The normalized spacial score (nSPS) is 11.9. The molecule has 164 valence electrons. The van der Waals surface area contributed by atoms with Gasteiger partial charge < -0.3 is 23.2 Å². The number of benzene rings is 1. The number of aromatic nitrogens is 4. The van der Waals surface area contributed by atoms with Gasteiger partial charge in [0.2, 0.25) is 0 Å². The first kappa shape index (κ1) is 21.7. The third kappa shape index (κ3) is 4.53.